The molecule has 0 aromatic rings. The first kappa shape index (κ1) is 54.4. The summed E-state index contributed by atoms with van der Waals surface area (Å²) in [7, 11) is 0. The number of hydrogen-bond donors (Lipinski definition) is 0. The first-order chi connectivity index (χ1) is 27.2. The Kier molecular flexibility index (Phi) is 41.8. The number of rotatable bonds is 44. The molecule has 1 atom stereocenters. The highest BCUT2D eigenvalue weighted by atomic mass is 16.6. The average molecular weight is 793 g/mol. The molecule has 0 bridgehead atoms. The molecule has 56 heavy (non-hydrogen) atoms. The van der Waals surface area contributed by atoms with E-state index in [0.29, 0.717) is 19.3 Å². The molecule has 0 aromatic carbocycles. The van der Waals surface area contributed by atoms with Crippen molar-refractivity contribution in [3.8, 4) is 0 Å². The van der Waals surface area contributed by atoms with Crippen molar-refractivity contribution in [1.82, 2.24) is 0 Å². The number of unbranched alkanes of at least 4 members (excludes halogenated alkanes) is 29. The first-order valence-electron chi connectivity index (χ1n) is 24.7. The summed E-state index contributed by atoms with van der Waals surface area (Å²) in [5.41, 5.74) is 0. The summed E-state index contributed by atoms with van der Waals surface area (Å²) in [6.45, 7) is 11.3. The minimum Gasteiger partial charge on any atom is -0.462 e. The van der Waals surface area contributed by atoms with Crippen LogP contribution in [-0.4, -0.2) is 37.2 Å². The van der Waals surface area contributed by atoms with Crippen LogP contribution in [-0.2, 0) is 28.6 Å². The smallest absolute Gasteiger partial charge is 0.306 e. The number of hydrogen-bond acceptors (Lipinski definition) is 6. The van der Waals surface area contributed by atoms with Crippen molar-refractivity contribution in [2.45, 2.75) is 278 Å². The fraction of sp³-hybridized carbons (Fsp3) is 0.940. The highest BCUT2D eigenvalue weighted by Gasteiger charge is 2.19. The number of esters is 3. The van der Waals surface area contributed by atoms with E-state index in [1.165, 1.54) is 161 Å². The molecule has 0 unspecified atom stereocenters. The Morgan fingerprint density at radius 3 is 0.875 bits per heavy atom. The van der Waals surface area contributed by atoms with Gasteiger partial charge in [0.05, 0.1) is 0 Å². The van der Waals surface area contributed by atoms with E-state index >= 15 is 0 Å². The Morgan fingerprint density at radius 1 is 0.339 bits per heavy atom. The summed E-state index contributed by atoms with van der Waals surface area (Å²) in [6, 6.07) is 0. The lowest BCUT2D eigenvalue weighted by atomic mass is 10.0. The fourth-order valence-corrected chi connectivity index (χ4v) is 7.46. The third kappa shape index (κ3) is 43.5. The molecule has 0 aliphatic carbocycles. The summed E-state index contributed by atoms with van der Waals surface area (Å²) >= 11 is 0. The molecule has 0 saturated heterocycles. The second-order valence-corrected chi connectivity index (χ2v) is 18.1. The van der Waals surface area contributed by atoms with Crippen molar-refractivity contribution in [2.24, 2.45) is 11.8 Å². The molecular weight excluding hydrogens is 697 g/mol. The standard InChI is InChI=1S/C50H96O6/c1-6-7-8-9-10-11-12-13-14-15-18-21-24-30-35-40-48(51)54-43-47(44-55-49(52)41-36-31-27-26-29-34-39-46(4)5)56-50(53)42-37-32-25-22-19-16-17-20-23-28-33-38-45(2)3/h45-47H,6-44H2,1-5H3/t47-/m1/s1. The minimum atomic E-state index is -0.761. The van der Waals surface area contributed by atoms with Crippen molar-refractivity contribution in [2.75, 3.05) is 13.2 Å². The lowest BCUT2D eigenvalue weighted by Gasteiger charge is -2.18. The minimum absolute atomic E-state index is 0.0648. The molecule has 0 rings (SSSR count). The molecule has 332 valence electrons. The molecule has 0 aliphatic rings. The third-order valence-corrected chi connectivity index (χ3v) is 11.2. The molecule has 0 saturated carbocycles. The maximum absolute atomic E-state index is 12.7. The van der Waals surface area contributed by atoms with E-state index < -0.39 is 6.10 Å². The monoisotopic (exact) mass is 793 g/mol. The van der Waals surface area contributed by atoms with Gasteiger partial charge in [0.25, 0.3) is 0 Å². The van der Waals surface area contributed by atoms with Gasteiger partial charge in [0.15, 0.2) is 6.10 Å². The van der Waals surface area contributed by atoms with E-state index in [9.17, 15) is 14.4 Å². The molecule has 6 nitrogen and oxygen atoms in total. The van der Waals surface area contributed by atoms with E-state index in [0.717, 1.165) is 69.6 Å². The second-order valence-electron chi connectivity index (χ2n) is 18.1. The Balaban J connectivity index is 4.29. The molecule has 0 radical (unpaired) electrons. The van der Waals surface area contributed by atoms with Gasteiger partial charge >= 0.3 is 17.9 Å². The molecule has 0 amide bonds. The Bertz CT molecular complexity index is 854. The number of ether oxygens (including phenoxy) is 3. The maximum atomic E-state index is 12.7. The quantitative estimate of drug-likeness (QED) is 0.0347. The molecular formula is C50H96O6. The van der Waals surface area contributed by atoms with Crippen molar-refractivity contribution in [3.63, 3.8) is 0 Å². The van der Waals surface area contributed by atoms with Gasteiger partial charge in [-0.3, -0.25) is 14.4 Å². The van der Waals surface area contributed by atoms with Gasteiger partial charge in [0, 0.05) is 19.3 Å². The van der Waals surface area contributed by atoms with Gasteiger partial charge in [0.1, 0.15) is 13.2 Å². The zero-order valence-electron chi connectivity index (χ0n) is 38.3. The Morgan fingerprint density at radius 2 is 0.589 bits per heavy atom. The van der Waals surface area contributed by atoms with Crippen LogP contribution in [0.2, 0.25) is 0 Å². The summed E-state index contributed by atoms with van der Waals surface area (Å²) in [6.07, 6.45) is 42.4. The zero-order chi connectivity index (χ0) is 41.2. The van der Waals surface area contributed by atoms with Gasteiger partial charge in [-0.2, -0.15) is 0 Å². The van der Waals surface area contributed by atoms with Crippen LogP contribution in [0.5, 0.6) is 0 Å². The summed E-state index contributed by atoms with van der Waals surface area (Å²) < 4.78 is 16.8. The lowest BCUT2D eigenvalue weighted by molar-refractivity contribution is -0.167. The molecule has 0 spiro atoms. The van der Waals surface area contributed by atoms with E-state index in [1.54, 1.807) is 0 Å². The van der Waals surface area contributed by atoms with Gasteiger partial charge < -0.3 is 14.2 Å². The SMILES string of the molecule is CCCCCCCCCCCCCCCCCC(=O)OC[C@H](COC(=O)CCCCCCCCC(C)C)OC(=O)CCCCCCCCCCCCCC(C)C. The molecule has 0 fully saturated rings. The van der Waals surface area contributed by atoms with Crippen LogP contribution in [0.3, 0.4) is 0 Å². The van der Waals surface area contributed by atoms with Gasteiger partial charge in [-0.25, -0.2) is 0 Å². The van der Waals surface area contributed by atoms with E-state index in [4.69, 9.17) is 14.2 Å². The Labute approximate surface area is 348 Å². The zero-order valence-corrected chi connectivity index (χ0v) is 38.3. The normalized spacial score (nSPS) is 12.1. The van der Waals surface area contributed by atoms with Gasteiger partial charge in [0.2, 0.25) is 0 Å². The summed E-state index contributed by atoms with van der Waals surface area (Å²) in [4.78, 5) is 37.8. The van der Waals surface area contributed by atoms with Crippen molar-refractivity contribution < 1.29 is 28.6 Å². The van der Waals surface area contributed by atoms with Crippen LogP contribution in [0.25, 0.3) is 0 Å². The summed E-state index contributed by atoms with van der Waals surface area (Å²) in [5, 5.41) is 0. The van der Waals surface area contributed by atoms with Crippen LogP contribution >= 0.6 is 0 Å². The maximum Gasteiger partial charge on any atom is 0.306 e. The van der Waals surface area contributed by atoms with Crippen LogP contribution in [0.1, 0.15) is 272 Å². The van der Waals surface area contributed by atoms with Crippen LogP contribution < -0.4 is 0 Å². The van der Waals surface area contributed by atoms with E-state index in [-0.39, 0.29) is 31.1 Å². The molecule has 0 N–H and O–H groups in total. The van der Waals surface area contributed by atoms with Crippen molar-refractivity contribution in [1.29, 1.82) is 0 Å². The molecule has 0 heterocycles. The van der Waals surface area contributed by atoms with Crippen molar-refractivity contribution >= 4 is 17.9 Å². The molecule has 0 aliphatic heterocycles. The van der Waals surface area contributed by atoms with Crippen molar-refractivity contribution in [3.05, 3.63) is 0 Å². The number of carbonyl (C=O) groups excluding carboxylic acids is 3. The predicted molar refractivity (Wildman–Crippen MR) is 238 cm³/mol. The predicted octanol–water partition coefficient (Wildman–Crippen LogP) is 15.8. The van der Waals surface area contributed by atoms with E-state index in [1.807, 2.05) is 0 Å². The molecule has 0 aromatic heterocycles. The van der Waals surface area contributed by atoms with Gasteiger partial charge in [-0.05, 0) is 31.1 Å². The first-order valence-corrected chi connectivity index (χ1v) is 24.7. The van der Waals surface area contributed by atoms with Crippen LogP contribution in [0.4, 0.5) is 0 Å². The van der Waals surface area contributed by atoms with Gasteiger partial charge in [-0.15, -0.1) is 0 Å². The average Bonchev–Trinajstić information content (AvgIpc) is 3.16. The Hall–Kier alpha value is -1.59. The lowest BCUT2D eigenvalue weighted by Crippen LogP contribution is -2.30. The van der Waals surface area contributed by atoms with Gasteiger partial charge in [-0.1, -0.05) is 234 Å². The fourth-order valence-electron chi connectivity index (χ4n) is 7.46. The summed E-state index contributed by atoms with van der Waals surface area (Å²) in [5.74, 6) is 0.732. The highest BCUT2D eigenvalue weighted by molar-refractivity contribution is 5.71. The molecule has 6 heteroatoms. The third-order valence-electron chi connectivity index (χ3n) is 11.2. The second kappa shape index (κ2) is 43.0. The topological polar surface area (TPSA) is 78.9 Å². The van der Waals surface area contributed by atoms with Crippen LogP contribution in [0.15, 0.2) is 0 Å². The number of carbonyl (C=O) groups is 3. The van der Waals surface area contributed by atoms with E-state index in [2.05, 4.69) is 34.6 Å². The largest absolute Gasteiger partial charge is 0.462 e. The highest BCUT2D eigenvalue weighted by Crippen LogP contribution is 2.17. The van der Waals surface area contributed by atoms with Crippen LogP contribution in [0, 0.1) is 11.8 Å².